The molecule has 1 aliphatic heterocycles. The summed E-state index contributed by atoms with van der Waals surface area (Å²) in [6.07, 6.45) is 1.25. The van der Waals surface area contributed by atoms with Gasteiger partial charge in [0.05, 0.1) is 6.42 Å². The molecule has 0 spiro atoms. The number of rotatable bonds is 4. The second-order valence-electron chi connectivity index (χ2n) is 5.89. The number of amides is 1. The largest absolute Gasteiger partial charge is 0.365 e. The predicted octanol–water partition coefficient (Wildman–Crippen LogP) is 3.84. The Labute approximate surface area is 149 Å². The van der Waals surface area contributed by atoms with E-state index in [2.05, 4.69) is 21.0 Å². The number of hydrazone groups is 1. The van der Waals surface area contributed by atoms with Gasteiger partial charge in [-0.3, -0.25) is 4.79 Å². The third kappa shape index (κ3) is 3.28. The van der Waals surface area contributed by atoms with Gasteiger partial charge in [0.25, 0.3) is 0 Å². The summed E-state index contributed by atoms with van der Waals surface area (Å²) < 4.78 is 0.923. The van der Waals surface area contributed by atoms with E-state index in [1.165, 1.54) is 5.01 Å². The monoisotopic (exact) mass is 386 g/mol. The molecular weight excluding hydrogens is 368 g/mol. The molecule has 0 aromatic heterocycles. The normalized spacial score (nSPS) is 20.1. The van der Waals surface area contributed by atoms with Crippen LogP contribution in [0.25, 0.3) is 0 Å². The SMILES string of the molecule is CCC1=NN(C(=O)Cc2ccccc2)C(O)(c2ccc(Br)cc2)C1. The Hall–Kier alpha value is -1.98. The smallest absolute Gasteiger partial charge is 0.250 e. The van der Waals surface area contributed by atoms with Crippen LogP contribution in [-0.4, -0.2) is 21.7 Å². The molecule has 0 aliphatic carbocycles. The number of hydrogen-bond donors (Lipinski definition) is 1. The van der Waals surface area contributed by atoms with Crippen LogP contribution in [0, 0.1) is 0 Å². The van der Waals surface area contributed by atoms with Crippen molar-refractivity contribution >= 4 is 27.5 Å². The molecule has 2 aromatic rings. The van der Waals surface area contributed by atoms with E-state index in [1.807, 2.05) is 61.5 Å². The van der Waals surface area contributed by atoms with Crippen LogP contribution in [0.2, 0.25) is 0 Å². The van der Waals surface area contributed by atoms with Crippen LogP contribution in [0.3, 0.4) is 0 Å². The van der Waals surface area contributed by atoms with Crippen molar-refractivity contribution in [1.82, 2.24) is 5.01 Å². The maximum Gasteiger partial charge on any atom is 0.250 e. The van der Waals surface area contributed by atoms with Gasteiger partial charge in [0.2, 0.25) is 5.91 Å². The zero-order valence-electron chi connectivity index (χ0n) is 13.4. The van der Waals surface area contributed by atoms with Gasteiger partial charge in [-0.05, 0) is 24.1 Å². The van der Waals surface area contributed by atoms with Crippen LogP contribution in [0.4, 0.5) is 0 Å². The van der Waals surface area contributed by atoms with Crippen molar-refractivity contribution in [2.75, 3.05) is 0 Å². The van der Waals surface area contributed by atoms with E-state index in [4.69, 9.17) is 0 Å². The second kappa shape index (κ2) is 6.87. The molecule has 5 heteroatoms. The zero-order chi connectivity index (χ0) is 17.2. The lowest BCUT2D eigenvalue weighted by molar-refractivity contribution is -0.157. The van der Waals surface area contributed by atoms with Crippen molar-refractivity contribution in [2.45, 2.75) is 31.9 Å². The van der Waals surface area contributed by atoms with Gasteiger partial charge < -0.3 is 5.11 Å². The van der Waals surface area contributed by atoms with Crippen molar-refractivity contribution in [1.29, 1.82) is 0 Å². The Balaban J connectivity index is 1.91. The number of carbonyl (C=O) groups is 1. The number of benzene rings is 2. The summed E-state index contributed by atoms with van der Waals surface area (Å²) in [5.41, 5.74) is 0.972. The van der Waals surface area contributed by atoms with Gasteiger partial charge in [0.15, 0.2) is 5.72 Å². The third-order valence-corrected chi connectivity index (χ3v) is 4.72. The Kier molecular flexibility index (Phi) is 4.83. The number of aliphatic hydroxyl groups is 1. The number of halogens is 1. The summed E-state index contributed by atoms with van der Waals surface area (Å²) in [5.74, 6) is -0.213. The summed E-state index contributed by atoms with van der Waals surface area (Å²) in [6, 6.07) is 16.9. The molecule has 1 atom stereocenters. The number of nitrogens with zero attached hydrogens (tertiary/aromatic N) is 2. The first-order valence-corrected chi connectivity index (χ1v) is 8.74. The second-order valence-corrected chi connectivity index (χ2v) is 6.80. The molecular formula is C19H19BrN2O2. The molecule has 1 N–H and O–H groups in total. The Morgan fingerprint density at radius 3 is 2.50 bits per heavy atom. The summed E-state index contributed by atoms with van der Waals surface area (Å²) in [6.45, 7) is 1.98. The highest BCUT2D eigenvalue weighted by atomic mass is 79.9. The lowest BCUT2D eigenvalue weighted by Crippen LogP contribution is -2.44. The van der Waals surface area contributed by atoms with E-state index >= 15 is 0 Å². The van der Waals surface area contributed by atoms with Crippen LogP contribution >= 0.6 is 15.9 Å². The first-order valence-electron chi connectivity index (χ1n) is 7.94. The summed E-state index contributed by atoms with van der Waals surface area (Å²) in [4.78, 5) is 12.8. The van der Waals surface area contributed by atoms with Crippen molar-refractivity contribution in [3.63, 3.8) is 0 Å². The molecule has 1 heterocycles. The van der Waals surface area contributed by atoms with Gasteiger partial charge in [-0.25, -0.2) is 0 Å². The van der Waals surface area contributed by atoms with Crippen LogP contribution < -0.4 is 0 Å². The molecule has 0 saturated carbocycles. The predicted molar refractivity (Wildman–Crippen MR) is 97.4 cm³/mol. The molecule has 0 saturated heterocycles. The van der Waals surface area contributed by atoms with E-state index < -0.39 is 5.72 Å². The molecule has 1 aliphatic rings. The molecule has 1 unspecified atom stereocenters. The van der Waals surface area contributed by atoms with E-state index in [0.29, 0.717) is 18.4 Å². The number of carbonyl (C=O) groups excluding carboxylic acids is 1. The van der Waals surface area contributed by atoms with Crippen LogP contribution in [0.1, 0.15) is 30.9 Å². The van der Waals surface area contributed by atoms with Crippen molar-refractivity contribution in [3.05, 3.63) is 70.2 Å². The maximum atomic E-state index is 12.8. The Morgan fingerprint density at radius 2 is 1.88 bits per heavy atom. The molecule has 124 valence electrons. The van der Waals surface area contributed by atoms with Crippen molar-refractivity contribution < 1.29 is 9.90 Å². The summed E-state index contributed by atoms with van der Waals surface area (Å²) in [5, 5.41) is 16.9. The van der Waals surface area contributed by atoms with Crippen LogP contribution in [-0.2, 0) is 16.9 Å². The minimum absolute atomic E-state index is 0.209. The van der Waals surface area contributed by atoms with Crippen LogP contribution in [0.15, 0.2) is 64.2 Å². The Bertz CT molecular complexity index is 759. The fourth-order valence-electron chi connectivity index (χ4n) is 2.86. The van der Waals surface area contributed by atoms with Gasteiger partial charge in [0.1, 0.15) is 0 Å². The van der Waals surface area contributed by atoms with Gasteiger partial charge >= 0.3 is 0 Å². The standard InChI is InChI=1S/C19H19BrN2O2/c1-2-17-13-19(24,15-8-10-16(20)11-9-15)22(21-17)18(23)12-14-6-4-3-5-7-14/h3-11,24H,2,12-13H2,1H3. The maximum absolute atomic E-state index is 12.8. The van der Waals surface area contributed by atoms with Gasteiger partial charge in [-0.1, -0.05) is 65.3 Å². The summed E-state index contributed by atoms with van der Waals surface area (Å²) in [7, 11) is 0. The molecule has 2 aromatic carbocycles. The molecule has 4 nitrogen and oxygen atoms in total. The van der Waals surface area contributed by atoms with Crippen LogP contribution in [0.5, 0.6) is 0 Å². The highest BCUT2D eigenvalue weighted by Crippen LogP contribution is 2.36. The quantitative estimate of drug-likeness (QED) is 0.867. The van der Waals surface area contributed by atoms with E-state index in [-0.39, 0.29) is 12.3 Å². The average molecular weight is 387 g/mol. The fourth-order valence-corrected chi connectivity index (χ4v) is 3.13. The molecule has 0 fully saturated rings. The minimum atomic E-state index is -1.42. The van der Waals surface area contributed by atoms with E-state index in [0.717, 1.165) is 15.7 Å². The van der Waals surface area contributed by atoms with Gasteiger partial charge in [0, 0.05) is 22.2 Å². The zero-order valence-corrected chi connectivity index (χ0v) is 15.0. The van der Waals surface area contributed by atoms with Gasteiger partial charge in [-0.15, -0.1) is 0 Å². The van der Waals surface area contributed by atoms with Crippen molar-refractivity contribution in [2.24, 2.45) is 5.10 Å². The highest BCUT2D eigenvalue weighted by Gasteiger charge is 2.45. The lowest BCUT2D eigenvalue weighted by Gasteiger charge is -2.31. The highest BCUT2D eigenvalue weighted by molar-refractivity contribution is 9.10. The molecule has 24 heavy (non-hydrogen) atoms. The molecule has 0 bridgehead atoms. The van der Waals surface area contributed by atoms with E-state index in [1.54, 1.807) is 0 Å². The lowest BCUT2D eigenvalue weighted by atomic mass is 9.96. The minimum Gasteiger partial charge on any atom is -0.365 e. The molecule has 1 amide bonds. The first kappa shape index (κ1) is 16.9. The van der Waals surface area contributed by atoms with E-state index in [9.17, 15) is 9.90 Å². The van der Waals surface area contributed by atoms with Gasteiger partial charge in [-0.2, -0.15) is 10.1 Å². The fraction of sp³-hybridized carbons (Fsp3) is 0.263. The first-order chi connectivity index (χ1) is 11.5. The molecule has 0 radical (unpaired) electrons. The topological polar surface area (TPSA) is 52.9 Å². The average Bonchev–Trinajstić information content (AvgIpc) is 2.94. The number of hydrogen-bond acceptors (Lipinski definition) is 3. The Morgan fingerprint density at radius 1 is 1.21 bits per heavy atom. The van der Waals surface area contributed by atoms with Crippen molar-refractivity contribution in [3.8, 4) is 0 Å². The molecule has 3 rings (SSSR count). The summed E-state index contributed by atoms with van der Waals surface area (Å²) >= 11 is 3.39. The third-order valence-electron chi connectivity index (χ3n) is 4.19.